The van der Waals surface area contributed by atoms with E-state index >= 15 is 0 Å². The van der Waals surface area contributed by atoms with E-state index < -0.39 is 5.60 Å². The van der Waals surface area contributed by atoms with Crippen molar-refractivity contribution in [2.75, 3.05) is 58.3 Å². The van der Waals surface area contributed by atoms with Crippen molar-refractivity contribution in [1.82, 2.24) is 25.4 Å². The number of nitrogens with one attached hydrogen (secondary N) is 2. The van der Waals surface area contributed by atoms with Crippen LogP contribution in [0.15, 0.2) is 23.3 Å². The summed E-state index contributed by atoms with van der Waals surface area (Å²) in [5.74, 6) is 1.75. The fourth-order valence-corrected chi connectivity index (χ4v) is 3.40. The Balaban J connectivity index is 1.44. The van der Waals surface area contributed by atoms with E-state index in [9.17, 15) is 4.79 Å². The van der Waals surface area contributed by atoms with Crippen molar-refractivity contribution in [2.45, 2.75) is 39.0 Å². The Hall–Kier alpha value is -2.55. The number of piperazine rings is 1. The van der Waals surface area contributed by atoms with Gasteiger partial charge in [-0.25, -0.2) is 9.78 Å². The molecule has 30 heavy (non-hydrogen) atoms. The summed E-state index contributed by atoms with van der Waals surface area (Å²) in [7, 11) is 3.90. The van der Waals surface area contributed by atoms with Crippen molar-refractivity contribution in [1.29, 1.82) is 0 Å². The van der Waals surface area contributed by atoms with Crippen LogP contribution in [0.3, 0.4) is 0 Å². The third-order valence-corrected chi connectivity index (χ3v) is 5.19. The summed E-state index contributed by atoms with van der Waals surface area (Å²) in [6.07, 6.45) is 1.60. The molecule has 0 aliphatic carbocycles. The Morgan fingerprint density at radius 3 is 2.60 bits per heavy atom. The third kappa shape index (κ3) is 6.22. The number of rotatable bonds is 4. The first-order valence-corrected chi connectivity index (χ1v) is 10.6. The molecule has 0 spiro atoms. The zero-order valence-electron chi connectivity index (χ0n) is 18.8. The standard InChI is InChI=1S/C21H35N7O2/c1-21(2,3)30-20(29)28-14-17(15-28)25-19(22-4)24-13-16-6-7-23-18(12-16)27-10-8-26(5)9-11-27/h6-7,12,17H,8-11,13-15H2,1-5H3,(H2,22,24,25). The number of carbonyl (C=O) groups excluding carboxylic acids is 1. The van der Waals surface area contributed by atoms with Crippen LogP contribution in [0.2, 0.25) is 0 Å². The molecule has 3 rings (SSSR count). The summed E-state index contributed by atoms with van der Waals surface area (Å²) in [6.45, 7) is 11.6. The first-order valence-electron chi connectivity index (χ1n) is 10.6. The molecule has 1 amide bonds. The number of anilines is 1. The first-order chi connectivity index (χ1) is 14.2. The number of carbonyl (C=O) groups is 1. The molecule has 2 N–H and O–H groups in total. The molecule has 1 aromatic heterocycles. The summed E-state index contributed by atoms with van der Waals surface area (Å²) >= 11 is 0. The lowest BCUT2D eigenvalue weighted by Crippen LogP contribution is -2.63. The van der Waals surface area contributed by atoms with Gasteiger partial charge in [0.15, 0.2) is 5.96 Å². The summed E-state index contributed by atoms with van der Waals surface area (Å²) in [5, 5.41) is 6.72. The topological polar surface area (TPSA) is 85.3 Å². The van der Waals surface area contributed by atoms with E-state index in [-0.39, 0.29) is 12.1 Å². The van der Waals surface area contributed by atoms with Gasteiger partial charge in [0, 0.05) is 59.1 Å². The van der Waals surface area contributed by atoms with Gasteiger partial charge in [-0.1, -0.05) is 0 Å². The molecule has 0 aromatic carbocycles. The maximum absolute atomic E-state index is 12.1. The minimum Gasteiger partial charge on any atom is -0.444 e. The molecule has 0 unspecified atom stereocenters. The molecule has 9 heteroatoms. The molecule has 2 fully saturated rings. The number of hydrogen-bond acceptors (Lipinski definition) is 6. The number of aliphatic imine (C=N–C) groups is 1. The Labute approximate surface area is 179 Å². The lowest BCUT2D eigenvalue weighted by atomic mass is 10.1. The van der Waals surface area contributed by atoms with Crippen LogP contribution >= 0.6 is 0 Å². The number of pyridine rings is 1. The highest BCUT2D eigenvalue weighted by molar-refractivity contribution is 5.80. The van der Waals surface area contributed by atoms with E-state index in [2.05, 4.69) is 43.5 Å². The van der Waals surface area contributed by atoms with Crippen LogP contribution in [0.5, 0.6) is 0 Å². The van der Waals surface area contributed by atoms with Crippen LogP contribution in [0.1, 0.15) is 26.3 Å². The Bertz CT molecular complexity index is 748. The Morgan fingerprint density at radius 1 is 1.27 bits per heavy atom. The number of guanidine groups is 1. The van der Waals surface area contributed by atoms with Gasteiger partial charge in [0.05, 0.1) is 6.04 Å². The van der Waals surface area contributed by atoms with Crippen LogP contribution in [-0.4, -0.2) is 91.8 Å². The van der Waals surface area contributed by atoms with Crippen LogP contribution in [0, 0.1) is 0 Å². The van der Waals surface area contributed by atoms with E-state index in [0.29, 0.717) is 19.6 Å². The van der Waals surface area contributed by atoms with Gasteiger partial charge in [-0.15, -0.1) is 0 Å². The number of hydrogen-bond donors (Lipinski definition) is 2. The largest absolute Gasteiger partial charge is 0.444 e. The molecule has 2 saturated heterocycles. The van der Waals surface area contributed by atoms with Gasteiger partial charge in [0.25, 0.3) is 0 Å². The second kappa shape index (κ2) is 9.51. The van der Waals surface area contributed by atoms with Crippen LogP contribution in [-0.2, 0) is 11.3 Å². The van der Waals surface area contributed by atoms with Crippen molar-refractivity contribution >= 4 is 17.9 Å². The molecular weight excluding hydrogens is 382 g/mol. The summed E-state index contributed by atoms with van der Waals surface area (Å²) in [6, 6.07) is 4.33. The molecule has 0 atom stereocenters. The number of nitrogens with zero attached hydrogens (tertiary/aromatic N) is 5. The lowest BCUT2D eigenvalue weighted by Gasteiger charge is -2.40. The van der Waals surface area contributed by atoms with Crippen molar-refractivity contribution in [3.05, 3.63) is 23.9 Å². The van der Waals surface area contributed by atoms with Gasteiger partial charge >= 0.3 is 6.09 Å². The zero-order chi connectivity index (χ0) is 21.7. The second-order valence-electron chi connectivity index (χ2n) is 8.96. The lowest BCUT2D eigenvalue weighted by molar-refractivity contribution is 0.00701. The van der Waals surface area contributed by atoms with E-state index in [1.54, 1.807) is 11.9 Å². The normalized spacial score (nSPS) is 18.8. The number of amides is 1. The molecular formula is C21H35N7O2. The molecule has 2 aliphatic heterocycles. The van der Waals surface area contributed by atoms with Crippen molar-refractivity contribution in [3.63, 3.8) is 0 Å². The van der Waals surface area contributed by atoms with Crippen LogP contribution < -0.4 is 15.5 Å². The van der Waals surface area contributed by atoms with Gasteiger partial charge in [0.2, 0.25) is 0 Å². The molecule has 0 bridgehead atoms. The first kappa shape index (κ1) is 22.1. The molecule has 0 radical (unpaired) electrons. The number of likely N-dealkylation sites (N-methyl/N-ethyl adjacent to an activating group) is 1. The minimum absolute atomic E-state index is 0.169. The smallest absolute Gasteiger partial charge is 0.410 e. The van der Waals surface area contributed by atoms with E-state index in [4.69, 9.17) is 4.74 Å². The molecule has 1 aromatic rings. The van der Waals surface area contributed by atoms with E-state index in [1.165, 1.54) is 0 Å². The number of aromatic nitrogens is 1. The molecule has 2 aliphatic rings. The van der Waals surface area contributed by atoms with Crippen molar-refractivity contribution in [2.24, 2.45) is 4.99 Å². The Morgan fingerprint density at radius 2 is 1.97 bits per heavy atom. The number of likely N-dealkylation sites (tertiary alicyclic amines) is 1. The number of ether oxygens (including phenoxy) is 1. The maximum atomic E-state index is 12.1. The van der Waals surface area contributed by atoms with Crippen molar-refractivity contribution in [3.8, 4) is 0 Å². The van der Waals surface area contributed by atoms with Gasteiger partial charge in [-0.05, 0) is 45.5 Å². The average molecular weight is 418 g/mol. The van der Waals surface area contributed by atoms with Gasteiger partial charge in [-0.2, -0.15) is 0 Å². The predicted octanol–water partition coefficient (Wildman–Crippen LogP) is 1.12. The molecule has 3 heterocycles. The summed E-state index contributed by atoms with van der Waals surface area (Å²) in [4.78, 5) is 27.3. The van der Waals surface area contributed by atoms with Gasteiger partial charge < -0.3 is 30.1 Å². The van der Waals surface area contributed by atoms with E-state index in [0.717, 1.165) is 43.5 Å². The summed E-state index contributed by atoms with van der Waals surface area (Å²) < 4.78 is 5.39. The Kier molecular flexibility index (Phi) is 7.02. The fourth-order valence-electron chi connectivity index (χ4n) is 3.40. The molecule has 0 saturated carbocycles. The SMILES string of the molecule is CN=C(NCc1ccnc(N2CCN(C)CC2)c1)NC1CN(C(=O)OC(C)(C)C)C1. The van der Waals surface area contributed by atoms with Crippen LogP contribution in [0.4, 0.5) is 10.6 Å². The quantitative estimate of drug-likeness (QED) is 0.561. The molecule has 166 valence electrons. The second-order valence-corrected chi connectivity index (χ2v) is 8.96. The zero-order valence-corrected chi connectivity index (χ0v) is 18.8. The summed E-state index contributed by atoms with van der Waals surface area (Å²) in [5.41, 5.74) is 0.687. The fraction of sp³-hybridized carbons (Fsp3) is 0.667. The predicted molar refractivity (Wildman–Crippen MR) is 119 cm³/mol. The van der Waals surface area contributed by atoms with Gasteiger partial charge in [-0.3, -0.25) is 4.99 Å². The van der Waals surface area contributed by atoms with Crippen LogP contribution in [0.25, 0.3) is 0 Å². The maximum Gasteiger partial charge on any atom is 0.410 e. The monoisotopic (exact) mass is 417 g/mol. The highest BCUT2D eigenvalue weighted by Crippen LogP contribution is 2.16. The average Bonchev–Trinajstić information content (AvgIpc) is 2.66. The third-order valence-electron chi connectivity index (χ3n) is 5.19. The van der Waals surface area contributed by atoms with Crippen molar-refractivity contribution < 1.29 is 9.53 Å². The van der Waals surface area contributed by atoms with E-state index in [1.807, 2.05) is 33.0 Å². The highest BCUT2D eigenvalue weighted by atomic mass is 16.6. The molecule has 9 nitrogen and oxygen atoms in total. The van der Waals surface area contributed by atoms with Gasteiger partial charge in [0.1, 0.15) is 11.4 Å². The minimum atomic E-state index is -0.472. The highest BCUT2D eigenvalue weighted by Gasteiger charge is 2.34.